The molecule has 2 heterocycles. The quantitative estimate of drug-likeness (QED) is 0.0666. The van der Waals surface area contributed by atoms with Crippen molar-refractivity contribution >= 4 is 59.3 Å². The Bertz CT molecular complexity index is 2400. The van der Waals surface area contributed by atoms with E-state index in [0.29, 0.717) is 48.4 Å². The molecule has 0 bridgehead atoms. The van der Waals surface area contributed by atoms with Crippen LogP contribution in [0, 0.1) is 20.2 Å². The number of ether oxygens (including phenoxy) is 2. The molecular weight excluding hydrogens is 877 g/mol. The van der Waals surface area contributed by atoms with Gasteiger partial charge in [0.15, 0.2) is 0 Å². The minimum Gasteiger partial charge on any atom is -0.450 e. The molecule has 0 unspecified atom stereocenters. The summed E-state index contributed by atoms with van der Waals surface area (Å²) in [5.74, 6) is -0.754. The van der Waals surface area contributed by atoms with Crippen LogP contribution in [-0.4, -0.2) is 119 Å². The maximum atomic E-state index is 13.5. The fraction of sp³-hybridized carbons (Fsp3) is 0.360. The van der Waals surface area contributed by atoms with Crippen molar-refractivity contribution in [1.29, 1.82) is 0 Å². The predicted molar refractivity (Wildman–Crippen MR) is 258 cm³/mol. The Morgan fingerprint density at radius 3 is 1.24 bits per heavy atom. The van der Waals surface area contributed by atoms with E-state index in [9.17, 15) is 39.4 Å². The van der Waals surface area contributed by atoms with Crippen molar-refractivity contribution in [3.63, 3.8) is 0 Å². The zero-order chi connectivity index (χ0) is 48.4. The summed E-state index contributed by atoms with van der Waals surface area (Å²) in [6.45, 7) is 14.2. The van der Waals surface area contributed by atoms with Crippen molar-refractivity contribution in [1.82, 2.24) is 19.6 Å². The molecule has 2 fully saturated rings. The largest absolute Gasteiger partial charge is 0.450 e. The smallest absolute Gasteiger partial charge is 0.409 e. The van der Waals surface area contributed by atoms with Crippen molar-refractivity contribution in [2.75, 3.05) is 65.6 Å². The van der Waals surface area contributed by atoms with Gasteiger partial charge in [-0.1, -0.05) is 100 Å². The number of piperazine rings is 2. The number of nitrogens with zero attached hydrogens (tertiary/aromatic N) is 6. The van der Waals surface area contributed by atoms with E-state index >= 15 is 0 Å². The van der Waals surface area contributed by atoms with Gasteiger partial charge in [-0.05, 0) is 83.3 Å². The standard InChI is InChI=1S/C50H56N6O10S/c1-7-65-49(59)53-29-25-51(26-30-53)43(57)23-19-35-17-21-41(47(55(61)62)45(35)39-15-11-9-13-37(39)33(3)4)67-42-22-18-36(20-24-44(58)52-27-31-54(32-28-52)50(60)66-8-2)46(48(42)56(63)64)40-16-12-10-14-38(40)34(5)6/h9-24,33-34H,7-8,25-32H2,1-6H3/b23-19+,24-20+. The third-order valence-corrected chi connectivity index (χ3v) is 12.8. The molecule has 4 aromatic rings. The van der Waals surface area contributed by atoms with Crippen LogP contribution in [0.4, 0.5) is 21.0 Å². The number of benzene rings is 4. The highest BCUT2D eigenvalue weighted by atomic mass is 32.2. The Kier molecular flexibility index (Phi) is 16.6. The van der Waals surface area contributed by atoms with Crippen LogP contribution < -0.4 is 0 Å². The SMILES string of the molecule is CCOC(=O)N1CCN(C(=O)/C=C/c2ccc(Sc3ccc(/C=C/C(=O)N4CCN(C(=O)OCC)CC4)c(-c4ccccc4C(C)C)c3[N+](=O)[O-])c([N+](=O)[O-])c2-c2ccccc2C(C)C)CC1. The molecule has 0 N–H and O–H groups in total. The number of carbonyl (C=O) groups is 4. The van der Waals surface area contributed by atoms with E-state index in [0.717, 1.165) is 22.9 Å². The van der Waals surface area contributed by atoms with Gasteiger partial charge in [0.2, 0.25) is 11.8 Å². The lowest BCUT2D eigenvalue weighted by Gasteiger charge is -2.33. The first kappa shape index (κ1) is 49.4. The summed E-state index contributed by atoms with van der Waals surface area (Å²) in [6, 6.07) is 21.1. The summed E-state index contributed by atoms with van der Waals surface area (Å²) in [6.07, 6.45) is 4.98. The zero-order valence-corrected chi connectivity index (χ0v) is 39.5. The van der Waals surface area contributed by atoms with Crippen LogP contribution in [0.1, 0.15) is 75.6 Å². The fourth-order valence-corrected chi connectivity index (χ4v) is 9.36. The molecule has 16 nitrogen and oxygen atoms in total. The Morgan fingerprint density at radius 2 is 0.910 bits per heavy atom. The number of hydrogen-bond acceptors (Lipinski definition) is 11. The summed E-state index contributed by atoms with van der Waals surface area (Å²) >= 11 is 0.900. The van der Waals surface area contributed by atoms with Gasteiger partial charge in [-0.15, -0.1) is 0 Å². The molecule has 352 valence electrons. The molecule has 2 aliphatic rings. The van der Waals surface area contributed by atoms with E-state index in [1.165, 1.54) is 12.2 Å². The summed E-state index contributed by atoms with van der Waals surface area (Å²) in [7, 11) is 0. The molecule has 0 saturated carbocycles. The van der Waals surface area contributed by atoms with Crippen molar-refractivity contribution in [2.45, 2.75) is 63.2 Å². The van der Waals surface area contributed by atoms with E-state index in [2.05, 4.69) is 0 Å². The minimum atomic E-state index is -0.487. The third-order valence-electron chi connectivity index (χ3n) is 11.7. The van der Waals surface area contributed by atoms with Crippen molar-refractivity contribution < 1.29 is 38.5 Å². The Balaban J connectivity index is 1.43. The minimum absolute atomic E-state index is 0.0485. The number of rotatable bonds is 14. The second kappa shape index (κ2) is 22.5. The van der Waals surface area contributed by atoms with Crippen LogP contribution in [0.5, 0.6) is 0 Å². The van der Waals surface area contributed by atoms with E-state index < -0.39 is 22.0 Å². The summed E-state index contributed by atoms with van der Waals surface area (Å²) < 4.78 is 10.2. The Labute approximate surface area is 394 Å². The lowest BCUT2D eigenvalue weighted by atomic mass is 9.89. The second-order valence-corrected chi connectivity index (χ2v) is 17.6. The number of nitro benzene ring substituents is 2. The van der Waals surface area contributed by atoms with Gasteiger partial charge >= 0.3 is 12.2 Å². The van der Waals surface area contributed by atoms with Gasteiger partial charge in [0.05, 0.1) is 44.0 Å². The maximum Gasteiger partial charge on any atom is 0.409 e. The van der Waals surface area contributed by atoms with Crippen molar-refractivity contribution in [3.05, 3.63) is 127 Å². The third kappa shape index (κ3) is 11.5. The maximum absolute atomic E-state index is 13.5. The highest BCUT2D eigenvalue weighted by Gasteiger charge is 2.32. The zero-order valence-electron chi connectivity index (χ0n) is 38.6. The van der Waals surface area contributed by atoms with Gasteiger partial charge in [0.25, 0.3) is 11.4 Å². The van der Waals surface area contributed by atoms with E-state index in [1.807, 2.05) is 52.0 Å². The predicted octanol–water partition coefficient (Wildman–Crippen LogP) is 9.86. The van der Waals surface area contributed by atoms with E-state index in [1.54, 1.807) is 94.1 Å². The monoisotopic (exact) mass is 932 g/mol. The topological polar surface area (TPSA) is 186 Å². The first-order chi connectivity index (χ1) is 32.1. The van der Waals surface area contributed by atoms with E-state index in [-0.39, 0.29) is 95.3 Å². The second-order valence-electron chi connectivity index (χ2n) is 16.5. The lowest BCUT2D eigenvalue weighted by Crippen LogP contribution is -2.50. The molecule has 4 amide bonds. The number of amides is 4. The molecule has 4 aromatic carbocycles. The summed E-state index contributed by atoms with van der Waals surface area (Å²) in [5, 5.41) is 26.9. The molecule has 2 aliphatic heterocycles. The number of nitro groups is 2. The molecular formula is C50H56N6O10S. The molecule has 0 aromatic heterocycles. The molecule has 6 rings (SSSR count). The molecule has 2 saturated heterocycles. The van der Waals surface area contributed by atoms with Gasteiger partial charge in [0, 0.05) is 64.5 Å². The highest BCUT2D eigenvalue weighted by molar-refractivity contribution is 7.99. The van der Waals surface area contributed by atoms with Gasteiger partial charge in [-0.3, -0.25) is 29.8 Å². The lowest BCUT2D eigenvalue weighted by molar-refractivity contribution is -0.387. The first-order valence-corrected chi connectivity index (χ1v) is 23.2. The summed E-state index contributed by atoms with van der Waals surface area (Å²) in [5.41, 5.74) is 3.55. The average Bonchev–Trinajstić information content (AvgIpc) is 3.32. The average molecular weight is 933 g/mol. The van der Waals surface area contributed by atoms with Crippen LogP contribution in [0.15, 0.2) is 94.7 Å². The highest BCUT2D eigenvalue weighted by Crippen LogP contribution is 2.50. The van der Waals surface area contributed by atoms with Crippen LogP contribution >= 0.6 is 11.8 Å². The molecule has 17 heteroatoms. The fourth-order valence-electron chi connectivity index (χ4n) is 8.30. The first-order valence-electron chi connectivity index (χ1n) is 22.4. The molecule has 67 heavy (non-hydrogen) atoms. The van der Waals surface area contributed by atoms with Crippen molar-refractivity contribution in [3.8, 4) is 22.3 Å². The van der Waals surface area contributed by atoms with Crippen LogP contribution in [0.3, 0.4) is 0 Å². The number of hydrogen-bond donors (Lipinski definition) is 0. The van der Waals surface area contributed by atoms with Crippen LogP contribution in [-0.2, 0) is 19.1 Å². The molecule has 0 aliphatic carbocycles. The summed E-state index contributed by atoms with van der Waals surface area (Å²) in [4.78, 5) is 84.1. The molecule has 0 atom stereocenters. The van der Waals surface area contributed by atoms with E-state index in [4.69, 9.17) is 9.47 Å². The van der Waals surface area contributed by atoms with Crippen LogP contribution in [0.2, 0.25) is 0 Å². The van der Waals surface area contributed by atoms with Crippen molar-refractivity contribution in [2.24, 2.45) is 0 Å². The molecule has 0 spiro atoms. The van der Waals surface area contributed by atoms with Gasteiger partial charge in [0.1, 0.15) is 0 Å². The van der Waals surface area contributed by atoms with Gasteiger partial charge in [-0.2, -0.15) is 0 Å². The number of carbonyl (C=O) groups excluding carboxylic acids is 4. The Hall–Kier alpha value is -7.01. The van der Waals surface area contributed by atoms with Crippen LogP contribution in [0.25, 0.3) is 34.4 Å². The van der Waals surface area contributed by atoms with Gasteiger partial charge in [-0.25, -0.2) is 9.59 Å². The van der Waals surface area contributed by atoms with Gasteiger partial charge < -0.3 is 29.1 Å². The normalized spacial score (nSPS) is 14.3. The molecule has 0 radical (unpaired) electrons. The Morgan fingerprint density at radius 1 is 0.567 bits per heavy atom.